The van der Waals surface area contributed by atoms with Crippen molar-refractivity contribution in [2.75, 3.05) is 14.2 Å². The molecule has 1 fully saturated rings. The van der Waals surface area contributed by atoms with Gasteiger partial charge >= 0.3 is 0 Å². The molecule has 1 aliphatic rings. The molecule has 1 N–H and O–H groups in total. The predicted molar refractivity (Wildman–Crippen MR) is 145 cm³/mol. The van der Waals surface area contributed by atoms with Crippen molar-refractivity contribution in [2.45, 2.75) is 50.9 Å². The van der Waals surface area contributed by atoms with Crippen LogP contribution in [0.25, 0.3) is 11.0 Å². The topological polar surface area (TPSA) is 98.6 Å². The van der Waals surface area contributed by atoms with Crippen molar-refractivity contribution >= 4 is 34.2 Å². The number of benzene rings is 2. The first kappa shape index (κ1) is 25.7. The number of hydrogen-bond donors (Lipinski definition) is 1. The number of carbonyl (C=O) groups excluding carboxylic acids is 2. The largest absolute Gasteiger partial charge is 0.493 e. The standard InChI is InChI=1S/C28H31N5O4S/c1-36-24-15-7-12-21(27(24)37-2)26(28(35)29-19-9-3-4-10-19)32(17-20-11-8-16-38-20)25(34)18-33-23-14-6-5-13-22(23)30-31-33/h5-8,11-16,19,26H,3-4,9-10,17-18H2,1-2H3,(H,29,35)/t26-/m0/s1. The van der Waals surface area contributed by atoms with Crippen molar-refractivity contribution in [1.29, 1.82) is 0 Å². The zero-order valence-electron chi connectivity index (χ0n) is 21.5. The zero-order chi connectivity index (χ0) is 26.5. The Hall–Kier alpha value is -3.92. The monoisotopic (exact) mass is 533 g/mol. The number of nitrogens with zero attached hydrogens (tertiary/aromatic N) is 4. The number of carbonyl (C=O) groups is 2. The molecule has 0 radical (unpaired) electrons. The molecule has 1 saturated carbocycles. The van der Waals surface area contributed by atoms with E-state index in [2.05, 4.69) is 15.6 Å². The molecule has 2 aromatic heterocycles. The van der Waals surface area contributed by atoms with E-state index in [1.54, 1.807) is 29.9 Å². The van der Waals surface area contributed by atoms with Gasteiger partial charge in [0.25, 0.3) is 0 Å². The highest BCUT2D eigenvalue weighted by atomic mass is 32.1. The molecule has 198 valence electrons. The van der Waals surface area contributed by atoms with Gasteiger partial charge in [-0.15, -0.1) is 16.4 Å². The van der Waals surface area contributed by atoms with Crippen molar-refractivity contribution in [2.24, 2.45) is 0 Å². The van der Waals surface area contributed by atoms with Gasteiger partial charge in [-0.1, -0.05) is 48.4 Å². The van der Waals surface area contributed by atoms with Gasteiger partial charge in [0, 0.05) is 16.5 Å². The minimum atomic E-state index is -0.940. The zero-order valence-corrected chi connectivity index (χ0v) is 22.3. The first-order valence-corrected chi connectivity index (χ1v) is 13.6. The number of amides is 2. The Kier molecular flexibility index (Phi) is 7.88. The van der Waals surface area contributed by atoms with Crippen LogP contribution in [-0.2, 0) is 22.7 Å². The van der Waals surface area contributed by atoms with E-state index in [0.717, 1.165) is 36.1 Å². The molecule has 0 bridgehead atoms. The number of methoxy groups -OCH3 is 2. The van der Waals surface area contributed by atoms with E-state index in [-0.39, 0.29) is 30.9 Å². The Balaban J connectivity index is 1.57. The number of ether oxygens (including phenoxy) is 2. The molecule has 2 heterocycles. The van der Waals surface area contributed by atoms with Gasteiger partial charge < -0.3 is 19.7 Å². The average molecular weight is 534 g/mol. The average Bonchev–Trinajstić information content (AvgIpc) is 3.71. The van der Waals surface area contributed by atoms with Crippen LogP contribution in [0.15, 0.2) is 60.0 Å². The van der Waals surface area contributed by atoms with Crippen LogP contribution in [-0.4, -0.2) is 52.0 Å². The van der Waals surface area contributed by atoms with Crippen molar-refractivity contribution in [3.05, 3.63) is 70.4 Å². The molecule has 0 aliphatic heterocycles. The summed E-state index contributed by atoms with van der Waals surface area (Å²) in [6.07, 6.45) is 4.01. The van der Waals surface area contributed by atoms with Crippen molar-refractivity contribution in [3.63, 3.8) is 0 Å². The molecule has 10 heteroatoms. The minimum Gasteiger partial charge on any atom is -0.493 e. The van der Waals surface area contributed by atoms with Gasteiger partial charge in [-0.25, -0.2) is 4.68 Å². The third-order valence-electron chi connectivity index (χ3n) is 6.92. The van der Waals surface area contributed by atoms with Crippen molar-refractivity contribution in [3.8, 4) is 11.5 Å². The van der Waals surface area contributed by atoms with Gasteiger partial charge in [-0.3, -0.25) is 9.59 Å². The maximum Gasteiger partial charge on any atom is 0.247 e. The van der Waals surface area contributed by atoms with Gasteiger partial charge in [0.15, 0.2) is 11.5 Å². The molecule has 0 unspecified atom stereocenters. The van der Waals surface area contributed by atoms with Crippen LogP contribution in [0.1, 0.15) is 42.2 Å². The lowest BCUT2D eigenvalue weighted by Gasteiger charge is -2.33. The van der Waals surface area contributed by atoms with Gasteiger partial charge in [0.2, 0.25) is 11.8 Å². The molecule has 0 spiro atoms. The summed E-state index contributed by atoms with van der Waals surface area (Å²) >= 11 is 1.54. The van der Waals surface area contributed by atoms with Crippen LogP contribution in [0.4, 0.5) is 0 Å². The van der Waals surface area contributed by atoms with Crippen LogP contribution in [0, 0.1) is 0 Å². The molecule has 2 aromatic carbocycles. The molecular weight excluding hydrogens is 502 g/mol. The van der Waals surface area contributed by atoms with Crippen molar-refractivity contribution < 1.29 is 19.1 Å². The number of hydrogen-bond acceptors (Lipinski definition) is 7. The van der Waals surface area contributed by atoms with Gasteiger partial charge in [0.05, 0.1) is 26.3 Å². The highest BCUT2D eigenvalue weighted by molar-refractivity contribution is 7.09. The summed E-state index contributed by atoms with van der Waals surface area (Å²) in [6.45, 7) is 0.192. The fourth-order valence-electron chi connectivity index (χ4n) is 5.08. The fourth-order valence-corrected chi connectivity index (χ4v) is 5.78. The Morgan fingerprint density at radius 3 is 2.63 bits per heavy atom. The summed E-state index contributed by atoms with van der Waals surface area (Å²) in [5.74, 6) is 0.425. The Bertz CT molecular complexity index is 1400. The van der Waals surface area contributed by atoms with E-state index < -0.39 is 6.04 Å². The van der Waals surface area contributed by atoms with E-state index in [1.165, 1.54) is 11.3 Å². The summed E-state index contributed by atoms with van der Waals surface area (Å²) in [4.78, 5) is 30.7. The van der Waals surface area contributed by atoms with E-state index in [9.17, 15) is 9.59 Å². The van der Waals surface area contributed by atoms with E-state index in [4.69, 9.17) is 9.47 Å². The van der Waals surface area contributed by atoms with E-state index in [0.29, 0.717) is 22.6 Å². The summed E-state index contributed by atoms with van der Waals surface area (Å²) in [5, 5.41) is 13.6. The lowest BCUT2D eigenvalue weighted by atomic mass is 10.0. The number of thiophene rings is 1. The second-order valence-corrected chi connectivity index (χ2v) is 10.3. The third-order valence-corrected chi connectivity index (χ3v) is 7.78. The van der Waals surface area contributed by atoms with Gasteiger partial charge in [-0.05, 0) is 42.5 Å². The normalized spacial score (nSPS) is 14.4. The van der Waals surface area contributed by atoms with Crippen LogP contribution >= 0.6 is 11.3 Å². The number of fused-ring (bicyclic) bond motifs is 1. The molecule has 4 aromatic rings. The Labute approximate surface area is 225 Å². The lowest BCUT2D eigenvalue weighted by molar-refractivity contribution is -0.142. The highest BCUT2D eigenvalue weighted by Crippen LogP contribution is 2.38. The molecular formula is C28H31N5O4S. The number of rotatable bonds is 10. The Morgan fingerprint density at radius 2 is 1.89 bits per heavy atom. The summed E-state index contributed by atoms with van der Waals surface area (Å²) < 4.78 is 12.8. The fraction of sp³-hybridized carbons (Fsp3) is 0.357. The first-order valence-electron chi connectivity index (χ1n) is 12.7. The Morgan fingerprint density at radius 1 is 1.08 bits per heavy atom. The van der Waals surface area contributed by atoms with Crippen LogP contribution < -0.4 is 14.8 Å². The molecule has 0 saturated heterocycles. The maximum absolute atomic E-state index is 14.1. The molecule has 2 amide bonds. The predicted octanol–water partition coefficient (Wildman–Crippen LogP) is 4.34. The molecule has 5 rings (SSSR count). The lowest BCUT2D eigenvalue weighted by Crippen LogP contribution is -2.46. The third kappa shape index (κ3) is 5.35. The minimum absolute atomic E-state index is 0.0641. The van der Waals surface area contributed by atoms with E-state index >= 15 is 0 Å². The van der Waals surface area contributed by atoms with Gasteiger partial charge in [0.1, 0.15) is 18.1 Å². The quantitative estimate of drug-likeness (QED) is 0.326. The summed E-state index contributed by atoms with van der Waals surface area (Å²) in [7, 11) is 3.10. The second kappa shape index (κ2) is 11.6. The van der Waals surface area contributed by atoms with Crippen LogP contribution in [0.3, 0.4) is 0 Å². The van der Waals surface area contributed by atoms with Gasteiger partial charge in [-0.2, -0.15) is 0 Å². The van der Waals surface area contributed by atoms with Crippen LogP contribution in [0.5, 0.6) is 11.5 Å². The second-order valence-electron chi connectivity index (χ2n) is 9.31. The first-order chi connectivity index (χ1) is 18.6. The number of aromatic nitrogens is 3. The van der Waals surface area contributed by atoms with Crippen LogP contribution in [0.2, 0.25) is 0 Å². The van der Waals surface area contributed by atoms with Crippen molar-refractivity contribution in [1.82, 2.24) is 25.2 Å². The molecule has 1 aliphatic carbocycles. The summed E-state index contributed by atoms with van der Waals surface area (Å²) in [5.41, 5.74) is 2.02. The van der Waals surface area contributed by atoms with E-state index in [1.807, 2.05) is 53.9 Å². The molecule has 1 atom stereocenters. The molecule has 38 heavy (non-hydrogen) atoms. The number of para-hydroxylation sites is 2. The smallest absolute Gasteiger partial charge is 0.247 e. The SMILES string of the molecule is COc1cccc([C@@H](C(=O)NC2CCCC2)N(Cc2cccs2)C(=O)Cn2nnc3ccccc32)c1OC. The molecule has 9 nitrogen and oxygen atoms in total. The maximum atomic E-state index is 14.1. The highest BCUT2D eigenvalue weighted by Gasteiger charge is 2.36. The number of nitrogens with one attached hydrogen (secondary N) is 1. The summed E-state index contributed by atoms with van der Waals surface area (Å²) in [6, 6.07) is 15.9.